The highest BCUT2D eigenvalue weighted by Gasteiger charge is 2.37. The summed E-state index contributed by atoms with van der Waals surface area (Å²) in [6.45, 7) is 6.43. The van der Waals surface area contributed by atoms with Gasteiger partial charge in [0.05, 0.1) is 34.2 Å². The number of aromatic amines is 1. The molecule has 0 saturated heterocycles. The molecule has 38 heavy (non-hydrogen) atoms. The Labute approximate surface area is 214 Å². The molecule has 0 aliphatic carbocycles. The Hall–Kier alpha value is -4.47. The Morgan fingerprint density at radius 2 is 1.66 bits per heavy atom. The number of imide groups is 1. The summed E-state index contributed by atoms with van der Waals surface area (Å²) in [7, 11) is 0. The van der Waals surface area contributed by atoms with E-state index in [0.717, 1.165) is 28.6 Å². The zero-order valence-corrected chi connectivity index (χ0v) is 20.8. The molecule has 0 saturated carbocycles. The summed E-state index contributed by atoms with van der Waals surface area (Å²) in [5.74, 6) is -3.19. The van der Waals surface area contributed by atoms with Gasteiger partial charge in [0.1, 0.15) is 5.60 Å². The third-order valence-corrected chi connectivity index (χ3v) is 7.28. The number of benzene rings is 3. The molecule has 4 heterocycles. The number of carbonyl (C=O) groups excluding carboxylic acids is 3. The lowest BCUT2D eigenvalue weighted by molar-refractivity contribution is 0.0233. The number of aromatic nitrogens is 2. The number of amides is 3. The Kier molecular flexibility index (Phi) is 4.37. The molecule has 3 amide bonds. The number of rotatable bonds is 0. The maximum Gasteiger partial charge on any atom is 0.410 e. The van der Waals surface area contributed by atoms with Crippen molar-refractivity contribution in [2.75, 3.05) is 6.54 Å². The van der Waals surface area contributed by atoms with E-state index in [0.29, 0.717) is 52.3 Å². The summed E-state index contributed by atoms with van der Waals surface area (Å²) < 4.78 is 36.2. The highest BCUT2D eigenvalue weighted by Crippen LogP contribution is 2.45. The minimum atomic E-state index is -1.05. The van der Waals surface area contributed by atoms with Gasteiger partial charge in [0.15, 0.2) is 11.6 Å². The summed E-state index contributed by atoms with van der Waals surface area (Å²) in [5.41, 5.74) is 2.82. The first-order valence-corrected chi connectivity index (χ1v) is 12.3. The molecular formula is C28H22F2N4O4. The van der Waals surface area contributed by atoms with E-state index < -0.39 is 35.1 Å². The molecular weight excluding hydrogens is 494 g/mol. The number of fused-ring (bicyclic) bond motifs is 10. The SMILES string of the molecule is CC(C)(C)OC(=O)N1CCn2c3c(cccc3c3c4c(c5c6cc(F)c(F)cc6[nH]c5c32)C(=O)NC4=O)C1. The molecule has 2 aliphatic heterocycles. The van der Waals surface area contributed by atoms with Crippen LogP contribution in [0.15, 0.2) is 30.3 Å². The third kappa shape index (κ3) is 2.97. The van der Waals surface area contributed by atoms with Crippen LogP contribution in [-0.2, 0) is 17.8 Å². The normalized spacial score (nSPS) is 15.6. The first kappa shape index (κ1) is 22.7. The van der Waals surface area contributed by atoms with E-state index in [-0.39, 0.29) is 11.1 Å². The smallest absolute Gasteiger partial charge is 0.410 e. The summed E-state index contributed by atoms with van der Waals surface area (Å²) in [6, 6.07) is 7.75. The molecule has 3 aromatic carbocycles. The van der Waals surface area contributed by atoms with Crippen molar-refractivity contribution >= 4 is 61.5 Å². The molecule has 2 aromatic heterocycles. The molecule has 192 valence electrons. The van der Waals surface area contributed by atoms with E-state index in [4.69, 9.17) is 4.74 Å². The highest BCUT2D eigenvalue weighted by molar-refractivity contribution is 6.39. The lowest BCUT2D eigenvalue weighted by Gasteiger charge is -2.26. The van der Waals surface area contributed by atoms with Crippen molar-refractivity contribution in [3.05, 3.63) is 58.7 Å². The fraction of sp³-hybridized carbons (Fsp3) is 0.250. The van der Waals surface area contributed by atoms with Crippen LogP contribution in [0.1, 0.15) is 47.1 Å². The van der Waals surface area contributed by atoms with Crippen LogP contribution in [0.4, 0.5) is 13.6 Å². The van der Waals surface area contributed by atoms with Crippen LogP contribution in [0.5, 0.6) is 0 Å². The van der Waals surface area contributed by atoms with Crippen molar-refractivity contribution in [2.24, 2.45) is 0 Å². The second-order valence-electron chi connectivity index (χ2n) is 10.8. The van der Waals surface area contributed by atoms with E-state index in [9.17, 15) is 23.2 Å². The number of ether oxygens (including phenoxy) is 1. The van der Waals surface area contributed by atoms with E-state index >= 15 is 0 Å². The van der Waals surface area contributed by atoms with Gasteiger partial charge in [-0.3, -0.25) is 14.9 Å². The lowest BCUT2D eigenvalue weighted by atomic mass is 9.96. The second-order valence-corrected chi connectivity index (χ2v) is 10.8. The van der Waals surface area contributed by atoms with Crippen molar-refractivity contribution in [2.45, 2.75) is 39.5 Å². The van der Waals surface area contributed by atoms with Gasteiger partial charge >= 0.3 is 6.09 Å². The van der Waals surface area contributed by atoms with Gasteiger partial charge in [-0.25, -0.2) is 13.6 Å². The van der Waals surface area contributed by atoms with Crippen LogP contribution in [0.25, 0.3) is 43.6 Å². The van der Waals surface area contributed by atoms with Crippen LogP contribution in [0.3, 0.4) is 0 Å². The largest absolute Gasteiger partial charge is 0.444 e. The summed E-state index contributed by atoms with van der Waals surface area (Å²) in [5, 5.41) is 4.40. The minimum absolute atomic E-state index is 0.145. The van der Waals surface area contributed by atoms with Crippen molar-refractivity contribution < 1.29 is 27.9 Å². The van der Waals surface area contributed by atoms with Gasteiger partial charge in [-0.1, -0.05) is 18.2 Å². The van der Waals surface area contributed by atoms with Crippen LogP contribution in [0, 0.1) is 11.6 Å². The van der Waals surface area contributed by atoms with Crippen LogP contribution < -0.4 is 5.32 Å². The minimum Gasteiger partial charge on any atom is -0.444 e. The number of nitrogens with one attached hydrogen (secondary N) is 2. The molecule has 5 aromatic rings. The number of carbonyl (C=O) groups is 3. The van der Waals surface area contributed by atoms with E-state index in [1.54, 1.807) is 4.90 Å². The number of halogens is 2. The fourth-order valence-electron chi connectivity index (χ4n) is 5.90. The molecule has 2 aliphatic rings. The monoisotopic (exact) mass is 516 g/mol. The van der Waals surface area contributed by atoms with Gasteiger partial charge in [-0.15, -0.1) is 0 Å². The van der Waals surface area contributed by atoms with Gasteiger partial charge in [0.2, 0.25) is 0 Å². The molecule has 0 radical (unpaired) electrons. The van der Waals surface area contributed by atoms with Gasteiger partial charge in [-0.05, 0) is 32.4 Å². The van der Waals surface area contributed by atoms with E-state index in [1.165, 1.54) is 0 Å². The van der Waals surface area contributed by atoms with Crippen LogP contribution >= 0.6 is 0 Å². The predicted octanol–water partition coefficient (Wildman–Crippen LogP) is 5.34. The van der Waals surface area contributed by atoms with Gasteiger partial charge in [0, 0.05) is 46.2 Å². The molecule has 7 rings (SSSR count). The first-order chi connectivity index (χ1) is 18.0. The summed E-state index contributed by atoms with van der Waals surface area (Å²) in [6.07, 6.45) is -0.433. The summed E-state index contributed by atoms with van der Waals surface area (Å²) in [4.78, 5) is 44.0. The Morgan fingerprint density at radius 3 is 2.39 bits per heavy atom. The van der Waals surface area contributed by atoms with Crippen molar-refractivity contribution in [1.29, 1.82) is 0 Å². The number of hydrogen-bond acceptors (Lipinski definition) is 4. The number of para-hydroxylation sites is 1. The maximum absolute atomic E-state index is 14.3. The van der Waals surface area contributed by atoms with Crippen molar-refractivity contribution in [3.63, 3.8) is 0 Å². The fourth-order valence-corrected chi connectivity index (χ4v) is 5.90. The number of nitrogens with zero attached hydrogens (tertiary/aromatic N) is 2. The number of H-pyrrole nitrogens is 1. The molecule has 0 bridgehead atoms. The molecule has 2 N–H and O–H groups in total. The second kappa shape index (κ2) is 7.31. The Bertz CT molecular complexity index is 1930. The van der Waals surface area contributed by atoms with Crippen molar-refractivity contribution in [3.8, 4) is 0 Å². The van der Waals surface area contributed by atoms with Crippen LogP contribution in [-0.4, -0.2) is 44.5 Å². The number of hydrogen-bond donors (Lipinski definition) is 2. The van der Waals surface area contributed by atoms with E-state index in [1.807, 2.05) is 43.5 Å². The van der Waals surface area contributed by atoms with Crippen molar-refractivity contribution in [1.82, 2.24) is 19.8 Å². The third-order valence-electron chi connectivity index (χ3n) is 7.28. The first-order valence-electron chi connectivity index (χ1n) is 12.3. The zero-order valence-electron chi connectivity index (χ0n) is 20.8. The van der Waals surface area contributed by atoms with Crippen LogP contribution in [0.2, 0.25) is 0 Å². The molecule has 10 heteroatoms. The van der Waals surface area contributed by atoms with E-state index in [2.05, 4.69) is 10.3 Å². The topological polar surface area (TPSA) is 96.4 Å². The van der Waals surface area contributed by atoms with Gasteiger partial charge in [-0.2, -0.15) is 0 Å². The van der Waals surface area contributed by atoms with Gasteiger partial charge in [0.25, 0.3) is 11.8 Å². The maximum atomic E-state index is 14.3. The quantitative estimate of drug-likeness (QED) is 0.272. The molecule has 8 nitrogen and oxygen atoms in total. The predicted molar refractivity (Wildman–Crippen MR) is 137 cm³/mol. The molecule has 0 atom stereocenters. The summed E-state index contributed by atoms with van der Waals surface area (Å²) >= 11 is 0. The Morgan fingerprint density at radius 1 is 0.947 bits per heavy atom. The molecule has 0 fully saturated rings. The average molecular weight is 517 g/mol. The Balaban J connectivity index is 1.59. The molecule has 0 unspecified atom stereocenters. The highest BCUT2D eigenvalue weighted by atomic mass is 19.2. The molecule has 0 spiro atoms. The lowest BCUT2D eigenvalue weighted by Crippen LogP contribution is -2.37. The standard InChI is InChI=1S/C28H22F2N4O4/c1-28(2,3)38-27(37)33-7-8-34-23-12(11-33)5-4-6-13(23)19-21-20(25(35)32-26(21)36)18-14-9-15(29)16(30)10-17(14)31-22(18)24(19)34/h4-6,9-10,31H,7-8,11H2,1-3H3,(H,32,35,36). The zero-order chi connectivity index (χ0) is 26.7. The average Bonchev–Trinajstić information content (AvgIpc) is 3.39. The van der Waals surface area contributed by atoms with Gasteiger partial charge < -0.3 is 19.2 Å².